The molecule has 1 aliphatic rings. The standard InChI is InChI=1S/C63H111NO8/c1-3-5-7-9-11-13-15-17-19-21-22-23-24-25-26-27-28-29-30-31-32-33-34-35-36-37-39-41-43-45-47-49-51-53-59(67)64-56(55-71-63-62(70)61(69)60(68)58(54-65)72-63)57(66)52-50-48-46-44-42-40-38-20-18-16-14-12-10-8-6-4-2/h5,7,11,13,17-20,22-23,42,44,50,52,56-58,60-63,65-66,68-70H,3-4,6,8-10,12,14-16,21,24-41,43,45-49,51,53-55H2,1-2H3,(H,64,67)/b7-5-,13-11-,19-17-,20-18+,23-22-,44-42+,52-50+. The van der Waals surface area contributed by atoms with Crippen molar-refractivity contribution in [2.75, 3.05) is 13.2 Å². The van der Waals surface area contributed by atoms with E-state index in [-0.39, 0.29) is 12.5 Å². The van der Waals surface area contributed by atoms with Gasteiger partial charge in [-0.2, -0.15) is 0 Å². The fourth-order valence-electron chi connectivity index (χ4n) is 9.00. The molecule has 7 unspecified atom stereocenters. The Balaban J connectivity index is 2.15. The first-order chi connectivity index (χ1) is 35.3. The number of unbranched alkanes of at least 4 members (excludes halogenated alkanes) is 28. The number of aliphatic hydroxyl groups is 5. The van der Waals surface area contributed by atoms with E-state index >= 15 is 0 Å². The van der Waals surface area contributed by atoms with Gasteiger partial charge in [-0.25, -0.2) is 0 Å². The second-order valence-electron chi connectivity index (χ2n) is 20.4. The zero-order valence-corrected chi connectivity index (χ0v) is 46.2. The number of allylic oxidation sites excluding steroid dienone is 13. The minimum absolute atomic E-state index is 0.191. The van der Waals surface area contributed by atoms with Crippen LogP contribution in [-0.4, -0.2) is 87.5 Å². The predicted molar refractivity (Wildman–Crippen MR) is 304 cm³/mol. The van der Waals surface area contributed by atoms with Gasteiger partial charge in [-0.05, 0) is 83.5 Å². The molecule has 0 saturated carbocycles. The maximum atomic E-state index is 13.1. The second-order valence-corrected chi connectivity index (χ2v) is 20.4. The van der Waals surface area contributed by atoms with Crippen molar-refractivity contribution in [1.82, 2.24) is 5.32 Å². The molecule has 0 spiro atoms. The molecule has 0 aliphatic carbocycles. The van der Waals surface area contributed by atoms with Crippen molar-refractivity contribution in [2.24, 2.45) is 0 Å². The molecule has 9 heteroatoms. The van der Waals surface area contributed by atoms with Crippen molar-refractivity contribution in [3.63, 3.8) is 0 Å². The zero-order valence-electron chi connectivity index (χ0n) is 46.2. The Labute approximate surface area is 441 Å². The van der Waals surface area contributed by atoms with Gasteiger partial charge in [-0.3, -0.25) is 4.79 Å². The summed E-state index contributed by atoms with van der Waals surface area (Å²) in [4.78, 5) is 13.1. The summed E-state index contributed by atoms with van der Waals surface area (Å²) in [5, 5.41) is 54.4. The summed E-state index contributed by atoms with van der Waals surface area (Å²) in [6.07, 6.45) is 66.6. The summed E-state index contributed by atoms with van der Waals surface area (Å²) in [5.41, 5.74) is 0. The monoisotopic (exact) mass is 1010 g/mol. The normalized spacial score (nSPS) is 19.8. The van der Waals surface area contributed by atoms with Gasteiger partial charge in [-0.15, -0.1) is 0 Å². The van der Waals surface area contributed by atoms with Crippen LogP contribution in [0.5, 0.6) is 0 Å². The number of rotatable bonds is 50. The number of aliphatic hydroxyl groups excluding tert-OH is 5. The third-order valence-corrected chi connectivity index (χ3v) is 13.7. The molecule has 0 radical (unpaired) electrons. The molecule has 7 atom stereocenters. The molecular formula is C63H111NO8. The van der Waals surface area contributed by atoms with E-state index in [0.29, 0.717) is 6.42 Å². The van der Waals surface area contributed by atoms with Crippen LogP contribution in [0.1, 0.15) is 251 Å². The van der Waals surface area contributed by atoms with Gasteiger partial charge in [0.15, 0.2) is 6.29 Å². The van der Waals surface area contributed by atoms with Crippen molar-refractivity contribution in [3.8, 4) is 0 Å². The highest BCUT2D eigenvalue weighted by Gasteiger charge is 2.44. The van der Waals surface area contributed by atoms with Crippen molar-refractivity contribution < 1.29 is 39.8 Å². The molecule has 9 nitrogen and oxygen atoms in total. The summed E-state index contributed by atoms with van der Waals surface area (Å²) in [7, 11) is 0. The minimum atomic E-state index is -1.58. The number of ether oxygens (including phenoxy) is 2. The van der Waals surface area contributed by atoms with E-state index < -0.39 is 49.5 Å². The lowest BCUT2D eigenvalue weighted by atomic mass is 9.99. The van der Waals surface area contributed by atoms with Crippen molar-refractivity contribution >= 4 is 5.91 Å². The van der Waals surface area contributed by atoms with Crippen LogP contribution in [0.3, 0.4) is 0 Å². The summed E-state index contributed by atoms with van der Waals surface area (Å²) in [5.74, 6) is -0.191. The Bertz CT molecular complexity index is 1400. The van der Waals surface area contributed by atoms with E-state index in [9.17, 15) is 30.3 Å². The van der Waals surface area contributed by atoms with Crippen molar-refractivity contribution in [1.29, 1.82) is 0 Å². The van der Waals surface area contributed by atoms with Gasteiger partial charge in [0.25, 0.3) is 0 Å². The SMILES string of the molecule is CC/C=C\C/C=C\C/C=C\C/C=C\CCCCCCCCCCCCCCCCCCCCCCC(=O)NC(COC1OC(CO)C(O)C(O)C1O)C(O)/C=C/CC/C=C/CC/C=C/CCCCCCCC. The molecule has 1 saturated heterocycles. The van der Waals surface area contributed by atoms with E-state index in [4.69, 9.17) is 9.47 Å². The molecule has 0 aromatic rings. The van der Waals surface area contributed by atoms with Crippen LogP contribution in [0.15, 0.2) is 85.1 Å². The molecule has 1 aliphatic heterocycles. The summed E-state index contributed by atoms with van der Waals surface area (Å²) in [6, 6.07) is -0.830. The van der Waals surface area contributed by atoms with Crippen LogP contribution in [0, 0.1) is 0 Å². The molecule has 1 heterocycles. The number of hydrogen-bond acceptors (Lipinski definition) is 8. The molecule has 1 amide bonds. The van der Waals surface area contributed by atoms with E-state index in [1.54, 1.807) is 6.08 Å². The molecule has 6 N–H and O–H groups in total. The van der Waals surface area contributed by atoms with Crippen molar-refractivity contribution in [2.45, 2.75) is 294 Å². The number of hydrogen-bond donors (Lipinski definition) is 6. The molecule has 1 fully saturated rings. The number of carbonyl (C=O) groups excluding carboxylic acids is 1. The fraction of sp³-hybridized carbons (Fsp3) is 0.762. The Morgan fingerprint density at radius 3 is 1.33 bits per heavy atom. The minimum Gasteiger partial charge on any atom is -0.394 e. The molecule has 0 aromatic carbocycles. The van der Waals surface area contributed by atoms with Gasteiger partial charge in [-0.1, -0.05) is 247 Å². The first kappa shape index (κ1) is 67.4. The van der Waals surface area contributed by atoms with Crippen LogP contribution < -0.4 is 5.32 Å². The highest BCUT2D eigenvalue weighted by atomic mass is 16.7. The molecule has 72 heavy (non-hydrogen) atoms. The Morgan fingerprint density at radius 1 is 0.486 bits per heavy atom. The third kappa shape index (κ3) is 40.7. The number of carbonyl (C=O) groups is 1. The third-order valence-electron chi connectivity index (χ3n) is 13.7. The summed E-state index contributed by atoms with van der Waals surface area (Å²) < 4.78 is 11.2. The zero-order chi connectivity index (χ0) is 52.2. The molecule has 1 rings (SSSR count). The molecule has 0 bridgehead atoms. The molecular weight excluding hydrogens is 899 g/mol. The van der Waals surface area contributed by atoms with Gasteiger partial charge in [0.05, 0.1) is 25.4 Å². The average molecular weight is 1010 g/mol. The van der Waals surface area contributed by atoms with E-state index in [0.717, 1.165) is 77.0 Å². The molecule has 0 aromatic heterocycles. The second kappa shape index (κ2) is 51.8. The lowest BCUT2D eigenvalue weighted by Gasteiger charge is -2.40. The fourth-order valence-corrected chi connectivity index (χ4v) is 9.00. The van der Waals surface area contributed by atoms with Gasteiger partial charge >= 0.3 is 0 Å². The maximum Gasteiger partial charge on any atom is 0.220 e. The highest BCUT2D eigenvalue weighted by Crippen LogP contribution is 2.23. The Morgan fingerprint density at radius 2 is 0.875 bits per heavy atom. The first-order valence-electron chi connectivity index (χ1n) is 29.8. The number of amides is 1. The lowest BCUT2D eigenvalue weighted by molar-refractivity contribution is -0.302. The lowest BCUT2D eigenvalue weighted by Crippen LogP contribution is -2.60. The number of nitrogens with one attached hydrogen (secondary N) is 1. The van der Waals surface area contributed by atoms with Gasteiger partial charge in [0.2, 0.25) is 5.91 Å². The molecule has 416 valence electrons. The van der Waals surface area contributed by atoms with E-state index in [1.807, 2.05) is 6.08 Å². The summed E-state index contributed by atoms with van der Waals surface area (Å²) >= 11 is 0. The summed E-state index contributed by atoms with van der Waals surface area (Å²) in [6.45, 7) is 3.64. The van der Waals surface area contributed by atoms with Crippen LogP contribution in [0.25, 0.3) is 0 Å². The van der Waals surface area contributed by atoms with E-state index in [2.05, 4.69) is 92.1 Å². The highest BCUT2D eigenvalue weighted by molar-refractivity contribution is 5.76. The van der Waals surface area contributed by atoms with Crippen LogP contribution >= 0.6 is 0 Å². The van der Waals surface area contributed by atoms with Crippen molar-refractivity contribution in [3.05, 3.63) is 85.1 Å². The smallest absolute Gasteiger partial charge is 0.220 e. The Hall–Kier alpha value is -2.63. The average Bonchev–Trinajstić information content (AvgIpc) is 3.38. The van der Waals surface area contributed by atoms with Gasteiger partial charge in [0.1, 0.15) is 24.4 Å². The maximum absolute atomic E-state index is 13.1. The van der Waals surface area contributed by atoms with Crippen LogP contribution in [0.4, 0.5) is 0 Å². The van der Waals surface area contributed by atoms with Gasteiger partial charge < -0.3 is 40.3 Å². The Kier molecular flexibility index (Phi) is 48.5. The van der Waals surface area contributed by atoms with E-state index in [1.165, 1.54) is 154 Å². The topological polar surface area (TPSA) is 149 Å². The quantitative estimate of drug-likeness (QED) is 0.0261. The largest absolute Gasteiger partial charge is 0.394 e. The first-order valence-corrected chi connectivity index (χ1v) is 29.8. The van der Waals surface area contributed by atoms with Crippen LogP contribution in [-0.2, 0) is 14.3 Å². The van der Waals surface area contributed by atoms with Gasteiger partial charge in [0, 0.05) is 6.42 Å². The predicted octanol–water partition coefficient (Wildman–Crippen LogP) is 15.0. The van der Waals surface area contributed by atoms with Crippen LogP contribution in [0.2, 0.25) is 0 Å².